The maximum atomic E-state index is 12.6. The number of carbonyl (C=O) groups excluding carboxylic acids is 1. The highest BCUT2D eigenvalue weighted by Gasteiger charge is 2.44. The molecule has 6 unspecified atom stereocenters. The van der Waals surface area contributed by atoms with Crippen molar-refractivity contribution in [2.45, 2.75) is 160 Å². The standard InChI is InChI=1S/C38H66O9/c1-3-5-7-9-11-13-14-15-16-17-18-19-20-22-24-26-28-44-30-32(46-34(40)27-25-23-21-12-10-8-6-4-2)31-45-38-37(43)36(42)35(41)33(29-39)47-38/h5,7,11,13,15-16,18-19,32-33,35-39,41-43H,3-4,6,8-10,12,14,17,20-31H2,1-2H3/b7-5-,13-11-,16-15-,19-18-. The Morgan fingerprint density at radius 2 is 1.30 bits per heavy atom. The van der Waals surface area contributed by atoms with E-state index in [-0.39, 0.29) is 19.2 Å². The summed E-state index contributed by atoms with van der Waals surface area (Å²) >= 11 is 0. The van der Waals surface area contributed by atoms with Gasteiger partial charge in [-0.3, -0.25) is 4.79 Å². The van der Waals surface area contributed by atoms with Gasteiger partial charge < -0.3 is 39.4 Å². The number of allylic oxidation sites excluding steroid dienone is 8. The Bertz CT molecular complexity index is 854. The normalized spacial score (nSPS) is 22.7. The first-order valence-corrected chi connectivity index (χ1v) is 18.2. The van der Waals surface area contributed by atoms with Crippen molar-refractivity contribution < 1.29 is 44.2 Å². The Morgan fingerprint density at radius 1 is 0.702 bits per heavy atom. The van der Waals surface area contributed by atoms with Crippen LogP contribution in [0, 0.1) is 0 Å². The second-order valence-electron chi connectivity index (χ2n) is 12.3. The molecule has 0 saturated carbocycles. The van der Waals surface area contributed by atoms with Crippen LogP contribution in [0.1, 0.15) is 123 Å². The lowest BCUT2D eigenvalue weighted by Crippen LogP contribution is -2.59. The lowest BCUT2D eigenvalue weighted by atomic mass is 9.99. The fraction of sp³-hybridized carbons (Fsp3) is 0.763. The summed E-state index contributed by atoms with van der Waals surface area (Å²) in [5, 5.41) is 39.8. The highest BCUT2D eigenvalue weighted by atomic mass is 16.7. The minimum absolute atomic E-state index is 0.122. The minimum atomic E-state index is -1.54. The molecule has 0 aliphatic carbocycles. The summed E-state index contributed by atoms with van der Waals surface area (Å²) in [5.41, 5.74) is 0. The third kappa shape index (κ3) is 22.4. The van der Waals surface area contributed by atoms with Crippen molar-refractivity contribution in [3.8, 4) is 0 Å². The molecule has 0 aromatic heterocycles. The van der Waals surface area contributed by atoms with Crippen LogP contribution in [0.2, 0.25) is 0 Å². The van der Waals surface area contributed by atoms with Gasteiger partial charge in [-0.2, -0.15) is 0 Å². The van der Waals surface area contributed by atoms with Crippen LogP contribution in [0.25, 0.3) is 0 Å². The lowest BCUT2D eigenvalue weighted by molar-refractivity contribution is -0.305. The molecule has 1 aliphatic heterocycles. The summed E-state index contributed by atoms with van der Waals surface area (Å²) in [7, 11) is 0. The highest BCUT2D eigenvalue weighted by molar-refractivity contribution is 5.69. The van der Waals surface area contributed by atoms with Gasteiger partial charge in [-0.05, 0) is 51.4 Å². The average molecular weight is 667 g/mol. The Hall–Kier alpha value is -1.85. The quantitative estimate of drug-likeness (QED) is 0.0394. The van der Waals surface area contributed by atoms with E-state index >= 15 is 0 Å². The largest absolute Gasteiger partial charge is 0.457 e. The summed E-state index contributed by atoms with van der Waals surface area (Å²) in [6.45, 7) is 4.30. The number of unbranched alkanes of at least 4 members (excludes halogenated alkanes) is 10. The van der Waals surface area contributed by atoms with Crippen molar-refractivity contribution in [2.24, 2.45) is 0 Å². The predicted molar refractivity (Wildman–Crippen MR) is 187 cm³/mol. The van der Waals surface area contributed by atoms with Crippen molar-refractivity contribution in [3.05, 3.63) is 48.6 Å². The van der Waals surface area contributed by atoms with Crippen molar-refractivity contribution in [1.82, 2.24) is 0 Å². The third-order valence-corrected chi connectivity index (χ3v) is 8.01. The molecule has 1 saturated heterocycles. The number of ether oxygens (including phenoxy) is 4. The molecule has 0 bridgehead atoms. The monoisotopic (exact) mass is 666 g/mol. The molecule has 6 atom stereocenters. The van der Waals surface area contributed by atoms with E-state index in [4.69, 9.17) is 18.9 Å². The van der Waals surface area contributed by atoms with Crippen LogP contribution in [0.4, 0.5) is 0 Å². The third-order valence-electron chi connectivity index (χ3n) is 8.01. The summed E-state index contributed by atoms with van der Waals surface area (Å²) in [6, 6.07) is 0. The van der Waals surface area contributed by atoms with Crippen LogP contribution < -0.4 is 0 Å². The molecule has 0 spiro atoms. The van der Waals surface area contributed by atoms with Crippen molar-refractivity contribution in [1.29, 1.82) is 0 Å². The van der Waals surface area contributed by atoms with Gasteiger partial charge in [-0.25, -0.2) is 0 Å². The van der Waals surface area contributed by atoms with Crippen molar-refractivity contribution in [3.63, 3.8) is 0 Å². The van der Waals surface area contributed by atoms with Gasteiger partial charge in [0.1, 0.15) is 30.5 Å². The molecular formula is C38H66O9. The van der Waals surface area contributed by atoms with E-state index in [1.54, 1.807) is 0 Å². The van der Waals surface area contributed by atoms with Gasteiger partial charge in [0.05, 0.1) is 19.8 Å². The molecule has 9 nitrogen and oxygen atoms in total. The van der Waals surface area contributed by atoms with Crippen LogP contribution in [0.5, 0.6) is 0 Å². The molecular weight excluding hydrogens is 600 g/mol. The Morgan fingerprint density at radius 3 is 1.94 bits per heavy atom. The minimum Gasteiger partial charge on any atom is -0.457 e. The van der Waals surface area contributed by atoms with Gasteiger partial charge in [0.25, 0.3) is 0 Å². The zero-order valence-electron chi connectivity index (χ0n) is 29.3. The molecule has 0 amide bonds. The van der Waals surface area contributed by atoms with Gasteiger partial charge in [-0.15, -0.1) is 0 Å². The van der Waals surface area contributed by atoms with Gasteiger partial charge in [0.2, 0.25) is 0 Å². The van der Waals surface area contributed by atoms with Crippen molar-refractivity contribution in [2.75, 3.05) is 26.4 Å². The molecule has 9 heteroatoms. The Kier molecular flexibility index (Phi) is 27.8. The fourth-order valence-corrected chi connectivity index (χ4v) is 5.13. The van der Waals surface area contributed by atoms with E-state index in [1.807, 2.05) is 0 Å². The summed E-state index contributed by atoms with van der Waals surface area (Å²) in [6.07, 6.45) is 27.2. The number of aliphatic hydroxyl groups is 4. The van der Waals surface area contributed by atoms with Gasteiger partial charge in [-0.1, -0.05) is 114 Å². The first kappa shape index (κ1) is 43.2. The molecule has 1 rings (SSSR count). The molecule has 47 heavy (non-hydrogen) atoms. The maximum Gasteiger partial charge on any atom is 0.306 e. The summed E-state index contributed by atoms with van der Waals surface area (Å²) in [4.78, 5) is 12.6. The van der Waals surface area contributed by atoms with E-state index in [9.17, 15) is 25.2 Å². The lowest BCUT2D eigenvalue weighted by Gasteiger charge is -2.39. The van der Waals surface area contributed by atoms with Crippen LogP contribution in [0.15, 0.2) is 48.6 Å². The van der Waals surface area contributed by atoms with E-state index in [1.165, 1.54) is 32.1 Å². The number of rotatable bonds is 29. The summed E-state index contributed by atoms with van der Waals surface area (Å²) in [5.74, 6) is -0.333. The maximum absolute atomic E-state index is 12.6. The molecule has 1 aliphatic rings. The van der Waals surface area contributed by atoms with E-state index in [0.717, 1.165) is 70.6 Å². The number of hydrogen-bond acceptors (Lipinski definition) is 9. The molecule has 4 N–H and O–H groups in total. The smallest absolute Gasteiger partial charge is 0.306 e. The highest BCUT2D eigenvalue weighted by Crippen LogP contribution is 2.22. The zero-order valence-corrected chi connectivity index (χ0v) is 29.3. The topological polar surface area (TPSA) is 135 Å². The van der Waals surface area contributed by atoms with Crippen LogP contribution in [-0.2, 0) is 23.7 Å². The van der Waals surface area contributed by atoms with Crippen LogP contribution in [0.3, 0.4) is 0 Å². The van der Waals surface area contributed by atoms with Gasteiger partial charge in [0.15, 0.2) is 6.29 Å². The molecule has 0 radical (unpaired) electrons. The van der Waals surface area contributed by atoms with Crippen LogP contribution in [-0.4, -0.2) is 89.6 Å². The van der Waals surface area contributed by atoms with Gasteiger partial charge >= 0.3 is 5.97 Å². The molecule has 0 aromatic carbocycles. The SMILES string of the molecule is CC/C=C\C/C=C\C/C=C\C/C=C\CCCCCOCC(COC1OC(CO)C(O)C(O)C1O)OC(=O)CCCCCCCCCC. The molecule has 272 valence electrons. The van der Waals surface area contributed by atoms with E-state index < -0.39 is 43.4 Å². The number of esters is 1. The second-order valence-corrected chi connectivity index (χ2v) is 12.3. The molecule has 0 aromatic rings. The van der Waals surface area contributed by atoms with E-state index in [2.05, 4.69) is 62.5 Å². The zero-order chi connectivity index (χ0) is 34.4. The second kappa shape index (κ2) is 30.2. The first-order chi connectivity index (χ1) is 22.9. The number of carbonyl (C=O) groups is 1. The first-order valence-electron chi connectivity index (χ1n) is 18.2. The molecule has 1 fully saturated rings. The van der Waals surface area contributed by atoms with E-state index in [0.29, 0.717) is 13.0 Å². The van der Waals surface area contributed by atoms with Gasteiger partial charge in [0, 0.05) is 13.0 Å². The molecule has 1 heterocycles. The van der Waals surface area contributed by atoms with Crippen LogP contribution >= 0.6 is 0 Å². The Balaban J connectivity index is 2.36. The fourth-order valence-electron chi connectivity index (χ4n) is 5.13. The predicted octanol–water partition coefficient (Wildman–Crippen LogP) is 6.63. The van der Waals surface area contributed by atoms with Crippen molar-refractivity contribution >= 4 is 5.97 Å². The number of hydrogen-bond donors (Lipinski definition) is 4. The average Bonchev–Trinajstić information content (AvgIpc) is 3.07. The number of aliphatic hydroxyl groups excluding tert-OH is 4. The summed E-state index contributed by atoms with van der Waals surface area (Å²) < 4.78 is 22.6. The Labute approximate surface area is 284 Å².